The minimum atomic E-state index is -4.66. The minimum Gasteiger partial charge on any atom is -0.455 e. The number of ether oxygens (including phenoxy) is 2. The van der Waals surface area contributed by atoms with Gasteiger partial charge in [0.25, 0.3) is 21.6 Å². The average molecular weight is 987 g/mol. The van der Waals surface area contributed by atoms with Crippen molar-refractivity contribution < 1.29 is 45.6 Å². The van der Waals surface area contributed by atoms with E-state index in [4.69, 9.17) is 9.47 Å². The lowest BCUT2D eigenvalue weighted by molar-refractivity contribution is -0.384. The lowest BCUT2D eigenvalue weighted by Crippen LogP contribution is -2.47. The van der Waals surface area contributed by atoms with E-state index in [9.17, 15) is 41.3 Å². The summed E-state index contributed by atoms with van der Waals surface area (Å²) in [7, 11) is -3.22. The van der Waals surface area contributed by atoms with Crippen LogP contribution in [0.15, 0.2) is 89.6 Å². The molecule has 3 aromatic carbocycles. The number of amides is 2. The molecule has 0 spiro atoms. The van der Waals surface area contributed by atoms with Gasteiger partial charge in [-0.25, -0.2) is 18.1 Å². The summed E-state index contributed by atoms with van der Waals surface area (Å²) in [4.78, 5) is 51.0. The Bertz CT molecular complexity index is 2930. The second-order valence-corrected chi connectivity index (χ2v) is 20.8. The number of fused-ring (bicyclic) bond motifs is 1. The third kappa shape index (κ3) is 11.6. The molecule has 16 nitrogen and oxygen atoms in total. The number of anilines is 2. The predicted molar refractivity (Wildman–Crippen MR) is 259 cm³/mol. The number of nitro benzene ring substituents is 1. The maximum Gasteiger partial charge on any atom is 0.416 e. The number of nitrogens with zero attached hydrogens (tertiary/aromatic N) is 5. The van der Waals surface area contributed by atoms with Gasteiger partial charge in [-0.2, -0.15) is 13.2 Å². The highest BCUT2D eigenvalue weighted by Gasteiger charge is 2.34. The normalized spacial score (nSPS) is 18.0. The minimum absolute atomic E-state index is 0.00117. The molecule has 5 aromatic rings. The van der Waals surface area contributed by atoms with Crippen LogP contribution in [0.3, 0.4) is 0 Å². The molecule has 2 aliphatic heterocycles. The molecule has 20 heteroatoms. The van der Waals surface area contributed by atoms with Gasteiger partial charge in [-0.15, -0.1) is 0 Å². The Balaban J connectivity index is 0.988. The van der Waals surface area contributed by atoms with E-state index in [0.717, 1.165) is 54.7 Å². The van der Waals surface area contributed by atoms with Crippen molar-refractivity contribution in [1.82, 2.24) is 24.5 Å². The Hall–Kier alpha value is -6.51. The number of H-pyrrole nitrogens is 1. The molecule has 4 heterocycles. The van der Waals surface area contributed by atoms with Crippen LogP contribution in [-0.4, -0.2) is 111 Å². The molecular weight excluding hydrogens is 930 g/mol. The molecule has 70 heavy (non-hydrogen) atoms. The molecule has 2 amide bonds. The first kappa shape index (κ1) is 49.9. The van der Waals surface area contributed by atoms with Crippen LogP contribution in [0.4, 0.5) is 30.2 Å². The van der Waals surface area contributed by atoms with Crippen molar-refractivity contribution in [3.8, 4) is 11.5 Å². The molecule has 1 aliphatic carbocycles. The number of halogens is 3. The number of aromatic nitrogens is 2. The Morgan fingerprint density at radius 2 is 1.80 bits per heavy atom. The van der Waals surface area contributed by atoms with Gasteiger partial charge in [0.15, 0.2) is 0 Å². The molecule has 2 saturated heterocycles. The van der Waals surface area contributed by atoms with Crippen molar-refractivity contribution in [2.75, 3.05) is 76.3 Å². The number of hydrogen-bond acceptors (Lipinski definition) is 12. The fraction of sp³-hybridized carbons (Fsp3) is 0.420. The van der Waals surface area contributed by atoms with E-state index in [0.29, 0.717) is 69.3 Å². The largest absolute Gasteiger partial charge is 0.455 e. The number of likely N-dealkylation sites (tertiary alicyclic amines) is 1. The number of alkyl halides is 3. The van der Waals surface area contributed by atoms with Gasteiger partial charge < -0.3 is 29.6 Å². The molecule has 1 unspecified atom stereocenters. The van der Waals surface area contributed by atoms with Crippen LogP contribution in [0, 0.1) is 28.4 Å². The number of piperazine rings is 1. The summed E-state index contributed by atoms with van der Waals surface area (Å²) in [5.74, 6) is -0.843. The van der Waals surface area contributed by atoms with Crippen LogP contribution >= 0.6 is 0 Å². The molecular formula is C50H57F3N8O8S. The van der Waals surface area contributed by atoms with Crippen LogP contribution in [0.25, 0.3) is 16.6 Å². The topological polar surface area (TPSA) is 192 Å². The van der Waals surface area contributed by atoms with Gasteiger partial charge in [-0.3, -0.25) is 24.6 Å². The first-order chi connectivity index (χ1) is 33.3. The number of hydrogen-bond donors (Lipinski definition) is 3. The van der Waals surface area contributed by atoms with Crippen molar-refractivity contribution in [3.63, 3.8) is 0 Å². The van der Waals surface area contributed by atoms with Crippen molar-refractivity contribution in [3.05, 3.63) is 117 Å². The van der Waals surface area contributed by atoms with Gasteiger partial charge in [0.1, 0.15) is 29.4 Å². The fourth-order valence-electron chi connectivity index (χ4n) is 9.63. The molecule has 8 rings (SSSR count). The average Bonchev–Trinajstić information content (AvgIpc) is 3.79. The molecule has 3 aliphatic rings. The van der Waals surface area contributed by atoms with Gasteiger partial charge in [-0.05, 0) is 116 Å². The highest BCUT2D eigenvalue weighted by Crippen LogP contribution is 2.45. The monoisotopic (exact) mass is 986 g/mol. The number of aryl methyl sites for hydroxylation is 1. The van der Waals surface area contributed by atoms with Gasteiger partial charge in [-0.1, -0.05) is 25.5 Å². The number of nitro groups is 1. The van der Waals surface area contributed by atoms with Crippen molar-refractivity contribution in [2.24, 2.45) is 11.3 Å². The maximum atomic E-state index is 14.0. The molecule has 2 aromatic heterocycles. The van der Waals surface area contributed by atoms with Gasteiger partial charge in [0, 0.05) is 88.9 Å². The summed E-state index contributed by atoms with van der Waals surface area (Å²) < 4.78 is 81.7. The molecule has 2 fully saturated rings. The van der Waals surface area contributed by atoms with E-state index in [2.05, 4.69) is 43.7 Å². The van der Waals surface area contributed by atoms with Crippen LogP contribution in [0.1, 0.15) is 73.0 Å². The zero-order chi connectivity index (χ0) is 50.0. The standard InChI is InChI=1S/C50H57F3N8O8S/c1-32-22-36(50(51,52)53)7-10-40(32)42-26-49(2,3)15-13-35(42)30-58-18-20-59(21-19-58)37-8-11-41(45(24-37)69-38-23-34-14-16-54-47(34)56-28-38)48(63)57-70(66,67)39-9-12-43(44(25-39)61(64)65)55-27-33-6-5-17-60(29-33)46(62)31-68-4/h7-12,14,16,22-25,28,33,55H,5-6,13,15,17-21,26-27,29-31H2,1-4H3,(H,54,56)(H,57,63). The zero-order valence-electron chi connectivity index (χ0n) is 39.5. The number of carbonyl (C=O) groups excluding carboxylic acids is 2. The maximum absolute atomic E-state index is 14.0. The highest BCUT2D eigenvalue weighted by molar-refractivity contribution is 7.90. The van der Waals surface area contributed by atoms with Crippen molar-refractivity contribution in [2.45, 2.75) is 63.9 Å². The van der Waals surface area contributed by atoms with Gasteiger partial charge in [0.2, 0.25) is 5.91 Å². The number of methoxy groups -OCH3 is 1. The van der Waals surface area contributed by atoms with Gasteiger partial charge in [0.05, 0.1) is 27.1 Å². The van der Waals surface area contributed by atoms with E-state index in [1.165, 1.54) is 49.2 Å². The van der Waals surface area contributed by atoms with Crippen molar-refractivity contribution in [1.29, 1.82) is 0 Å². The van der Waals surface area contributed by atoms with Crippen LogP contribution in [0.2, 0.25) is 0 Å². The van der Waals surface area contributed by atoms with E-state index >= 15 is 0 Å². The Morgan fingerprint density at radius 1 is 1.01 bits per heavy atom. The third-order valence-electron chi connectivity index (χ3n) is 13.5. The first-order valence-corrected chi connectivity index (χ1v) is 24.7. The summed E-state index contributed by atoms with van der Waals surface area (Å²) in [5, 5.41) is 16.0. The Labute approximate surface area is 404 Å². The number of aromatic amines is 1. The highest BCUT2D eigenvalue weighted by atomic mass is 32.2. The van der Waals surface area contributed by atoms with Crippen LogP contribution < -0.4 is 19.7 Å². The molecule has 1 atom stereocenters. The number of sulfonamides is 1. The number of allylic oxidation sites excluding steroid dienone is 1. The van der Waals surface area contributed by atoms with Crippen LogP contribution in [-0.2, 0) is 25.7 Å². The Kier molecular flexibility index (Phi) is 14.6. The zero-order valence-corrected chi connectivity index (χ0v) is 40.3. The number of piperidine rings is 1. The molecule has 0 radical (unpaired) electrons. The summed E-state index contributed by atoms with van der Waals surface area (Å²) >= 11 is 0. The second kappa shape index (κ2) is 20.4. The van der Waals surface area contributed by atoms with Crippen LogP contribution in [0.5, 0.6) is 11.5 Å². The molecule has 3 N–H and O–H groups in total. The number of benzene rings is 3. The van der Waals surface area contributed by atoms with Crippen molar-refractivity contribution >= 4 is 55.5 Å². The molecule has 0 saturated carbocycles. The quantitative estimate of drug-likeness (QED) is 0.0668. The summed E-state index contributed by atoms with van der Waals surface area (Å²) in [6.45, 7) is 10.6. The lowest BCUT2D eigenvalue weighted by atomic mass is 9.72. The molecule has 372 valence electrons. The molecule has 0 bridgehead atoms. The second-order valence-electron chi connectivity index (χ2n) is 19.1. The van der Waals surface area contributed by atoms with E-state index in [1.807, 2.05) is 0 Å². The summed E-state index contributed by atoms with van der Waals surface area (Å²) in [6, 6.07) is 15.8. The lowest BCUT2D eigenvalue weighted by Gasteiger charge is -2.39. The first-order valence-electron chi connectivity index (χ1n) is 23.2. The summed E-state index contributed by atoms with van der Waals surface area (Å²) in [5.41, 5.74) is 3.93. The van der Waals surface area contributed by atoms with Gasteiger partial charge >= 0.3 is 6.18 Å². The number of rotatable bonds is 15. The summed E-state index contributed by atoms with van der Waals surface area (Å²) in [6.07, 6.45) is 2.88. The van der Waals surface area contributed by atoms with E-state index in [-0.39, 0.29) is 46.6 Å². The predicted octanol–water partition coefficient (Wildman–Crippen LogP) is 8.79. The number of pyridine rings is 1. The van der Waals surface area contributed by atoms with E-state index in [1.54, 1.807) is 48.4 Å². The van der Waals surface area contributed by atoms with E-state index < -0.39 is 43.2 Å². The number of nitrogens with one attached hydrogen (secondary N) is 3. The SMILES string of the molecule is COCC(=O)N1CCCC(CNc2ccc(S(=O)(=O)NC(=O)c3ccc(N4CCN(CC5=C(c6ccc(C(F)(F)F)cc6C)CC(C)(C)CC5)CC4)cc3Oc3cnc4[nH]ccc4c3)cc2[N+](=O)[O-])C1. The fourth-order valence-corrected chi connectivity index (χ4v) is 10.6. The Morgan fingerprint density at radius 3 is 2.53 bits per heavy atom. The number of carbonyl (C=O) groups is 2. The smallest absolute Gasteiger partial charge is 0.416 e. The third-order valence-corrected chi connectivity index (χ3v) is 14.8.